The van der Waals surface area contributed by atoms with Crippen LogP contribution in [-0.4, -0.2) is 131 Å². The molecule has 2 aliphatic heterocycles. The molecule has 2 rings (SSSR count). The Bertz CT molecular complexity index is 1440. The number of hydrogen-bond donors (Lipinski definition) is 3. The van der Waals surface area contributed by atoms with Gasteiger partial charge in [0.2, 0.25) is 0 Å². The van der Waals surface area contributed by atoms with Gasteiger partial charge in [-0.2, -0.15) is 0 Å². The Morgan fingerprint density at radius 2 is 0.747 bits per heavy atom. The average molecular weight is 1180 g/mol. The van der Waals surface area contributed by atoms with Crippen LogP contribution in [0.4, 0.5) is 0 Å². The van der Waals surface area contributed by atoms with Crippen molar-refractivity contribution < 1.29 is 53.4 Å². The second-order valence-electron chi connectivity index (χ2n) is 24.7. The minimum absolute atomic E-state index is 0. The summed E-state index contributed by atoms with van der Waals surface area (Å²) in [5.41, 5.74) is 0. The standard InChI is InChI=1S/C40H77NO6.C28H53NO5.2CH4/c1-4-7-10-13-16-19-22-25-28-35(42)32-41-33-37(30-27-24-21-18-15-12-9-6-3)47-40(45)38(41)31-39(44)46-34-36(43)29-26-23-20-17-14-11-8-5-2;1-3-5-7-9-11-13-15-17-19-25(31)21-29-22-26(34-28(32)27(29)23-33-24-30)20-18-16-14-12-10-8-6-4-2;;/h35-38,42-43H,4-34H2,1-3H3;24-27,31H,3-23H2,1-2H3;2*1H4. The quantitative estimate of drug-likeness (QED) is 0.0228. The van der Waals surface area contributed by atoms with E-state index in [2.05, 4.69) is 34.6 Å². The highest BCUT2D eigenvalue weighted by atomic mass is 16.6. The van der Waals surface area contributed by atoms with Crippen molar-refractivity contribution in [3.8, 4) is 0 Å². The number of carbonyl (C=O) groups excluding carboxylic acids is 4. The molecule has 7 atom stereocenters. The SMILES string of the molecule is C.C.CCCCCCCCCCC(O)CN1CC(CCCCCCCCCC)OC(=O)C1COC=O.CCCCCCCCCCC(O)COC(=O)CC1C(=O)OC(CCCCCCCCCC)CN1CC(O)CCCCCCCCCC. The number of hydrogen-bond acceptors (Lipinski definition) is 13. The van der Waals surface area contributed by atoms with Crippen LogP contribution in [0.5, 0.6) is 0 Å². The molecule has 2 aliphatic rings. The second kappa shape index (κ2) is 60.0. The molecule has 0 aliphatic carbocycles. The summed E-state index contributed by atoms with van der Waals surface area (Å²) in [7, 11) is 0. The van der Waals surface area contributed by atoms with Crippen LogP contribution in [0.1, 0.15) is 345 Å². The summed E-state index contributed by atoms with van der Waals surface area (Å²) in [5.74, 6) is -1.22. The number of ether oxygens (including phenoxy) is 4. The zero-order valence-corrected chi connectivity index (χ0v) is 53.4. The molecule has 0 aromatic heterocycles. The van der Waals surface area contributed by atoms with E-state index in [1.54, 1.807) is 0 Å². The molecule has 0 spiro atoms. The Kier molecular flexibility index (Phi) is 59.8. The molecule has 2 saturated heterocycles. The average Bonchev–Trinajstić information content (AvgIpc) is 3.47. The highest BCUT2D eigenvalue weighted by Crippen LogP contribution is 2.25. The van der Waals surface area contributed by atoms with E-state index in [0.29, 0.717) is 45.5 Å². The van der Waals surface area contributed by atoms with Gasteiger partial charge in [0, 0.05) is 26.2 Å². The van der Waals surface area contributed by atoms with Crippen molar-refractivity contribution in [1.82, 2.24) is 9.80 Å². The number of esters is 3. The van der Waals surface area contributed by atoms with Crippen LogP contribution in [-0.2, 0) is 38.1 Å². The van der Waals surface area contributed by atoms with Gasteiger partial charge in [-0.25, -0.2) is 0 Å². The first-order valence-corrected chi connectivity index (χ1v) is 34.7. The van der Waals surface area contributed by atoms with Crippen LogP contribution < -0.4 is 0 Å². The minimum Gasteiger partial charge on any atom is -0.466 e. The van der Waals surface area contributed by atoms with Gasteiger partial charge >= 0.3 is 17.9 Å². The maximum Gasteiger partial charge on any atom is 0.327 e. The van der Waals surface area contributed by atoms with Crippen LogP contribution in [0.15, 0.2) is 0 Å². The monoisotopic (exact) mass is 1180 g/mol. The van der Waals surface area contributed by atoms with E-state index in [9.17, 15) is 34.5 Å². The fourth-order valence-corrected chi connectivity index (χ4v) is 11.6. The molecule has 0 aromatic carbocycles. The van der Waals surface area contributed by atoms with Gasteiger partial charge in [0.1, 0.15) is 37.5 Å². The predicted molar refractivity (Wildman–Crippen MR) is 346 cm³/mol. The lowest BCUT2D eigenvalue weighted by Crippen LogP contribution is -2.56. The van der Waals surface area contributed by atoms with Crippen molar-refractivity contribution in [1.29, 1.82) is 0 Å². The molecule has 3 N–H and O–H groups in total. The predicted octanol–water partition coefficient (Wildman–Crippen LogP) is 17.3. The van der Waals surface area contributed by atoms with E-state index >= 15 is 0 Å². The summed E-state index contributed by atoms with van der Waals surface area (Å²) < 4.78 is 21.8. The lowest BCUT2D eigenvalue weighted by Gasteiger charge is -2.39. The number of morpholine rings is 2. The molecule has 83 heavy (non-hydrogen) atoms. The molecule has 494 valence electrons. The van der Waals surface area contributed by atoms with Crippen LogP contribution >= 0.6 is 0 Å². The first-order chi connectivity index (χ1) is 39.5. The maximum atomic E-state index is 13.2. The summed E-state index contributed by atoms with van der Waals surface area (Å²) >= 11 is 0. The smallest absolute Gasteiger partial charge is 0.327 e. The largest absolute Gasteiger partial charge is 0.466 e. The summed E-state index contributed by atoms with van der Waals surface area (Å²) in [6.07, 6.45) is 50.5. The van der Waals surface area contributed by atoms with Crippen molar-refractivity contribution in [2.75, 3.05) is 39.4 Å². The highest BCUT2D eigenvalue weighted by molar-refractivity contribution is 5.83. The zero-order chi connectivity index (χ0) is 59.2. The Morgan fingerprint density at radius 1 is 0.458 bits per heavy atom. The van der Waals surface area contributed by atoms with E-state index in [1.165, 1.54) is 199 Å². The minimum atomic E-state index is -0.754. The van der Waals surface area contributed by atoms with Gasteiger partial charge in [0.25, 0.3) is 6.47 Å². The van der Waals surface area contributed by atoms with Crippen LogP contribution in [0.3, 0.4) is 0 Å². The first-order valence-electron chi connectivity index (χ1n) is 34.7. The number of β-amino-alcohol motifs (C(OH)–C–C–N with tert-alkyl or cyclic N) is 2. The Hall–Kier alpha value is -2.32. The second-order valence-corrected chi connectivity index (χ2v) is 24.7. The molecule has 2 heterocycles. The molecule has 13 heteroatoms. The van der Waals surface area contributed by atoms with Gasteiger partial charge in [-0.1, -0.05) is 293 Å². The molecular weight excluding hydrogens is 1040 g/mol. The van der Waals surface area contributed by atoms with Gasteiger partial charge in [0.05, 0.1) is 24.7 Å². The third-order valence-electron chi connectivity index (χ3n) is 16.8. The van der Waals surface area contributed by atoms with Gasteiger partial charge in [-0.3, -0.25) is 29.0 Å². The van der Waals surface area contributed by atoms with Crippen molar-refractivity contribution in [2.45, 2.75) is 387 Å². The lowest BCUT2D eigenvalue weighted by atomic mass is 10.0. The van der Waals surface area contributed by atoms with E-state index in [1.807, 2.05) is 9.80 Å². The van der Waals surface area contributed by atoms with E-state index in [0.717, 1.165) is 77.0 Å². The van der Waals surface area contributed by atoms with Crippen molar-refractivity contribution in [2.24, 2.45) is 0 Å². The number of carbonyl (C=O) groups is 4. The number of aliphatic hydroxyl groups excluding tert-OH is 3. The maximum absolute atomic E-state index is 13.2. The summed E-state index contributed by atoms with van der Waals surface area (Å²) in [6.45, 7) is 13.4. The summed E-state index contributed by atoms with van der Waals surface area (Å²) in [5, 5.41) is 31.9. The van der Waals surface area contributed by atoms with Gasteiger partial charge in [-0.05, 0) is 44.9 Å². The highest BCUT2D eigenvalue weighted by Gasteiger charge is 2.40. The van der Waals surface area contributed by atoms with E-state index < -0.39 is 42.3 Å². The van der Waals surface area contributed by atoms with Crippen LogP contribution in [0.25, 0.3) is 0 Å². The van der Waals surface area contributed by atoms with Gasteiger partial charge < -0.3 is 34.3 Å². The molecule has 13 nitrogen and oxygen atoms in total. The Morgan fingerprint density at radius 3 is 1.08 bits per heavy atom. The number of unbranched alkanes of at least 4 members (excludes halogenated alkanes) is 35. The lowest BCUT2D eigenvalue weighted by molar-refractivity contribution is -0.173. The molecule has 0 bridgehead atoms. The molecule has 0 radical (unpaired) electrons. The molecular formula is C70H138N2O11. The molecule has 0 saturated carbocycles. The topological polar surface area (TPSA) is 172 Å². The van der Waals surface area contributed by atoms with Crippen molar-refractivity contribution in [3.63, 3.8) is 0 Å². The van der Waals surface area contributed by atoms with Gasteiger partial charge in [-0.15, -0.1) is 0 Å². The zero-order valence-electron chi connectivity index (χ0n) is 53.4. The normalized spacial score (nSPS) is 18.4. The van der Waals surface area contributed by atoms with E-state index in [4.69, 9.17) is 18.9 Å². The fourth-order valence-electron chi connectivity index (χ4n) is 11.6. The molecule has 7 unspecified atom stereocenters. The Balaban J connectivity index is 0. The summed E-state index contributed by atoms with van der Waals surface area (Å²) in [6, 6.07) is -1.37. The number of nitrogens with zero attached hydrogens (tertiary/aromatic N) is 2. The third-order valence-corrected chi connectivity index (χ3v) is 16.8. The van der Waals surface area contributed by atoms with Gasteiger partial charge in [0.15, 0.2) is 0 Å². The van der Waals surface area contributed by atoms with E-state index in [-0.39, 0.29) is 52.7 Å². The Labute approximate surface area is 512 Å². The third kappa shape index (κ3) is 47.4. The number of aliphatic hydroxyl groups is 3. The first kappa shape index (κ1) is 82.7. The van der Waals surface area contributed by atoms with Crippen LogP contribution in [0, 0.1) is 0 Å². The number of rotatable bonds is 56. The fraction of sp³-hybridized carbons (Fsp3) is 0.943. The van der Waals surface area contributed by atoms with Crippen molar-refractivity contribution in [3.05, 3.63) is 0 Å². The number of cyclic esters (lactones) is 2. The molecule has 2 fully saturated rings. The van der Waals surface area contributed by atoms with Crippen molar-refractivity contribution >= 4 is 24.4 Å². The molecule has 0 amide bonds. The summed E-state index contributed by atoms with van der Waals surface area (Å²) in [4.78, 5) is 53.2. The van der Waals surface area contributed by atoms with Crippen LogP contribution in [0.2, 0.25) is 0 Å². The molecule has 0 aromatic rings.